The summed E-state index contributed by atoms with van der Waals surface area (Å²) in [7, 11) is 0. The van der Waals surface area contributed by atoms with Crippen molar-refractivity contribution < 1.29 is 4.79 Å². The van der Waals surface area contributed by atoms with Gasteiger partial charge in [0.15, 0.2) is 0 Å². The zero-order valence-electron chi connectivity index (χ0n) is 9.99. The van der Waals surface area contributed by atoms with Gasteiger partial charge in [-0.1, -0.05) is 18.0 Å². The number of hydrogen-bond acceptors (Lipinski definition) is 4. The molecule has 0 aliphatic carbocycles. The summed E-state index contributed by atoms with van der Waals surface area (Å²) in [6.45, 7) is 0.675. The minimum Gasteiger partial charge on any atom is -0.397 e. The van der Waals surface area contributed by atoms with Crippen molar-refractivity contribution in [1.29, 1.82) is 0 Å². The van der Waals surface area contributed by atoms with Gasteiger partial charge in [0.2, 0.25) is 0 Å². The molecule has 1 aliphatic heterocycles. The van der Waals surface area contributed by atoms with Crippen molar-refractivity contribution in [2.24, 2.45) is 0 Å². The van der Waals surface area contributed by atoms with Crippen molar-refractivity contribution >= 4 is 35.0 Å². The molecule has 4 nitrogen and oxygen atoms in total. The SMILES string of the molecule is Nc1cnc(Cl)c(C(=O)NCC2CCCCS2)c1. The fourth-order valence-corrected chi connectivity index (χ4v) is 3.32. The number of carbonyl (C=O) groups is 1. The summed E-state index contributed by atoms with van der Waals surface area (Å²) < 4.78 is 0. The molecule has 1 aromatic rings. The lowest BCUT2D eigenvalue weighted by atomic mass is 10.2. The van der Waals surface area contributed by atoms with Gasteiger partial charge in [-0.2, -0.15) is 11.8 Å². The average Bonchev–Trinajstić information content (AvgIpc) is 2.40. The topological polar surface area (TPSA) is 68.0 Å². The second kappa shape index (κ2) is 6.29. The minimum absolute atomic E-state index is 0.193. The van der Waals surface area contributed by atoms with Crippen molar-refractivity contribution in [2.45, 2.75) is 24.5 Å². The molecular formula is C12H16ClN3OS. The molecule has 2 rings (SSSR count). The Balaban J connectivity index is 1.92. The zero-order valence-corrected chi connectivity index (χ0v) is 11.6. The minimum atomic E-state index is -0.203. The molecule has 6 heteroatoms. The van der Waals surface area contributed by atoms with E-state index in [-0.39, 0.29) is 11.1 Å². The molecule has 0 saturated carbocycles. The maximum atomic E-state index is 12.0. The standard InChI is InChI=1S/C12H16ClN3OS/c13-11-10(5-8(14)6-15-11)12(17)16-7-9-3-1-2-4-18-9/h5-6,9H,1-4,7,14H2,(H,16,17). The number of halogens is 1. The summed E-state index contributed by atoms with van der Waals surface area (Å²) in [5.41, 5.74) is 6.39. The summed E-state index contributed by atoms with van der Waals surface area (Å²) in [5.74, 6) is 0.979. The van der Waals surface area contributed by atoms with Crippen LogP contribution in [0.25, 0.3) is 0 Å². The second-order valence-corrected chi connectivity index (χ2v) is 6.07. The molecule has 0 aromatic carbocycles. The van der Waals surface area contributed by atoms with Crippen molar-refractivity contribution in [2.75, 3.05) is 18.0 Å². The Bertz CT molecular complexity index is 435. The van der Waals surface area contributed by atoms with E-state index in [9.17, 15) is 4.79 Å². The van der Waals surface area contributed by atoms with Crippen LogP contribution >= 0.6 is 23.4 Å². The van der Waals surface area contributed by atoms with Crippen LogP contribution < -0.4 is 11.1 Å². The highest BCUT2D eigenvalue weighted by molar-refractivity contribution is 7.99. The van der Waals surface area contributed by atoms with Gasteiger partial charge in [0, 0.05) is 11.8 Å². The summed E-state index contributed by atoms with van der Waals surface area (Å²) in [4.78, 5) is 15.8. The van der Waals surface area contributed by atoms with Gasteiger partial charge >= 0.3 is 0 Å². The first-order valence-electron chi connectivity index (χ1n) is 5.97. The number of anilines is 1. The lowest BCUT2D eigenvalue weighted by Gasteiger charge is -2.21. The van der Waals surface area contributed by atoms with E-state index in [1.807, 2.05) is 11.8 Å². The Kier molecular flexibility index (Phi) is 4.72. The summed E-state index contributed by atoms with van der Waals surface area (Å²) >= 11 is 7.80. The summed E-state index contributed by atoms with van der Waals surface area (Å²) in [6.07, 6.45) is 5.12. The fourth-order valence-electron chi connectivity index (χ4n) is 1.89. The number of pyridine rings is 1. The molecular weight excluding hydrogens is 270 g/mol. The third-order valence-electron chi connectivity index (χ3n) is 2.87. The molecule has 3 N–H and O–H groups in total. The number of aromatic nitrogens is 1. The number of nitrogens with one attached hydrogen (secondary N) is 1. The van der Waals surface area contributed by atoms with Gasteiger partial charge in [0.05, 0.1) is 17.4 Å². The van der Waals surface area contributed by atoms with E-state index in [0.29, 0.717) is 23.0 Å². The van der Waals surface area contributed by atoms with Crippen LogP contribution in [0.1, 0.15) is 29.6 Å². The highest BCUT2D eigenvalue weighted by Crippen LogP contribution is 2.24. The monoisotopic (exact) mass is 285 g/mol. The molecule has 0 spiro atoms. The smallest absolute Gasteiger partial charge is 0.254 e. The van der Waals surface area contributed by atoms with E-state index in [2.05, 4.69) is 10.3 Å². The third-order valence-corrected chi connectivity index (χ3v) is 4.57. The van der Waals surface area contributed by atoms with Crippen LogP contribution in [0, 0.1) is 0 Å². The molecule has 0 bridgehead atoms. The quantitative estimate of drug-likeness (QED) is 0.837. The van der Waals surface area contributed by atoms with Gasteiger partial charge in [-0.15, -0.1) is 0 Å². The Morgan fingerprint density at radius 3 is 3.17 bits per heavy atom. The van der Waals surface area contributed by atoms with Crippen LogP contribution in [0.2, 0.25) is 5.15 Å². The number of nitrogens with zero attached hydrogens (tertiary/aromatic N) is 1. The van der Waals surface area contributed by atoms with Crippen molar-refractivity contribution in [3.05, 3.63) is 23.0 Å². The van der Waals surface area contributed by atoms with Crippen LogP contribution in [0.15, 0.2) is 12.3 Å². The predicted octanol–water partition coefficient (Wildman–Crippen LogP) is 2.33. The molecule has 1 saturated heterocycles. The largest absolute Gasteiger partial charge is 0.397 e. The molecule has 1 amide bonds. The molecule has 1 aromatic heterocycles. The molecule has 1 atom stereocenters. The Labute approximate surface area is 116 Å². The predicted molar refractivity (Wildman–Crippen MR) is 76.1 cm³/mol. The normalized spacial score (nSPS) is 19.5. The van der Waals surface area contributed by atoms with Gasteiger partial charge in [-0.25, -0.2) is 4.98 Å². The van der Waals surface area contributed by atoms with Crippen LogP contribution in [0.4, 0.5) is 5.69 Å². The van der Waals surface area contributed by atoms with Crippen molar-refractivity contribution in [3.8, 4) is 0 Å². The number of hydrogen-bond donors (Lipinski definition) is 2. The fraction of sp³-hybridized carbons (Fsp3) is 0.500. The summed E-state index contributed by atoms with van der Waals surface area (Å²) in [5, 5.41) is 3.60. The molecule has 2 heterocycles. The van der Waals surface area contributed by atoms with E-state index in [1.165, 1.54) is 24.8 Å². The molecule has 1 fully saturated rings. The maximum Gasteiger partial charge on any atom is 0.254 e. The molecule has 18 heavy (non-hydrogen) atoms. The highest BCUT2D eigenvalue weighted by Gasteiger charge is 2.17. The molecule has 1 unspecified atom stereocenters. The van der Waals surface area contributed by atoms with E-state index in [0.717, 1.165) is 6.42 Å². The van der Waals surface area contributed by atoms with Crippen molar-refractivity contribution in [1.82, 2.24) is 10.3 Å². The number of nitrogens with two attached hydrogens (primary N) is 1. The summed E-state index contributed by atoms with van der Waals surface area (Å²) in [6, 6.07) is 1.55. The van der Waals surface area contributed by atoms with Crippen LogP contribution in [0.3, 0.4) is 0 Å². The van der Waals surface area contributed by atoms with E-state index in [1.54, 1.807) is 6.07 Å². The second-order valence-electron chi connectivity index (χ2n) is 4.31. The molecule has 0 radical (unpaired) electrons. The van der Waals surface area contributed by atoms with Gasteiger partial charge in [0.1, 0.15) is 5.15 Å². The Morgan fingerprint density at radius 2 is 2.44 bits per heavy atom. The first kappa shape index (κ1) is 13.5. The number of carbonyl (C=O) groups excluding carboxylic acids is 1. The molecule has 1 aliphatic rings. The van der Waals surface area contributed by atoms with Crippen LogP contribution in [-0.4, -0.2) is 28.4 Å². The number of nitrogen functional groups attached to an aromatic ring is 1. The van der Waals surface area contributed by atoms with E-state index < -0.39 is 0 Å². The van der Waals surface area contributed by atoms with Gasteiger partial charge in [0.25, 0.3) is 5.91 Å². The van der Waals surface area contributed by atoms with E-state index >= 15 is 0 Å². The molecule has 98 valence electrons. The Morgan fingerprint density at radius 1 is 1.61 bits per heavy atom. The van der Waals surface area contributed by atoms with Crippen LogP contribution in [-0.2, 0) is 0 Å². The number of rotatable bonds is 3. The van der Waals surface area contributed by atoms with Gasteiger partial charge in [-0.3, -0.25) is 4.79 Å². The van der Waals surface area contributed by atoms with Gasteiger partial charge < -0.3 is 11.1 Å². The lowest BCUT2D eigenvalue weighted by molar-refractivity contribution is 0.0953. The number of amides is 1. The highest BCUT2D eigenvalue weighted by atomic mass is 35.5. The first-order chi connectivity index (χ1) is 8.66. The zero-order chi connectivity index (χ0) is 13.0. The van der Waals surface area contributed by atoms with Crippen LogP contribution in [0.5, 0.6) is 0 Å². The van der Waals surface area contributed by atoms with E-state index in [4.69, 9.17) is 17.3 Å². The van der Waals surface area contributed by atoms with Gasteiger partial charge in [-0.05, 0) is 24.7 Å². The Hall–Kier alpha value is -0.940. The maximum absolute atomic E-state index is 12.0. The van der Waals surface area contributed by atoms with Crippen molar-refractivity contribution in [3.63, 3.8) is 0 Å². The third kappa shape index (κ3) is 3.53. The lowest BCUT2D eigenvalue weighted by Crippen LogP contribution is -2.32. The average molecular weight is 286 g/mol. The number of thioether (sulfide) groups is 1. The first-order valence-corrected chi connectivity index (χ1v) is 7.40.